The summed E-state index contributed by atoms with van der Waals surface area (Å²) in [6, 6.07) is 6.04. The molecule has 0 unspecified atom stereocenters. The first kappa shape index (κ1) is 25.6. The van der Waals surface area contributed by atoms with Gasteiger partial charge in [-0.3, -0.25) is 4.79 Å². The van der Waals surface area contributed by atoms with E-state index in [9.17, 15) is 9.90 Å². The molecule has 0 saturated carbocycles. The number of carbonyl (C=O) groups excluding carboxylic acids is 1. The Labute approximate surface area is 166 Å². The van der Waals surface area contributed by atoms with Gasteiger partial charge in [0.15, 0.2) is 5.78 Å². The van der Waals surface area contributed by atoms with Crippen LogP contribution < -0.4 is 11.5 Å². The first-order valence-corrected chi connectivity index (χ1v) is 10.1. The van der Waals surface area contributed by atoms with Gasteiger partial charge in [0.25, 0.3) is 0 Å². The standard InChI is InChI=1S/C14H22O.C9H20N2O/c1-13(2,3)10-8-7-9-11(12(10)15)14(4,5)6;1-3-5-6-7-9(10,11)8(12)4-2/h7-9,15H,1-6H3;3-7,10-11H2,1-2H3. The fourth-order valence-electron chi connectivity index (χ4n) is 2.89. The zero-order valence-electron chi connectivity index (χ0n) is 18.8. The van der Waals surface area contributed by atoms with Gasteiger partial charge >= 0.3 is 0 Å². The maximum Gasteiger partial charge on any atom is 0.166 e. The van der Waals surface area contributed by atoms with Gasteiger partial charge in [-0.15, -0.1) is 0 Å². The Hall–Kier alpha value is -1.39. The number of phenols is 1. The van der Waals surface area contributed by atoms with Crippen LogP contribution in [0.4, 0.5) is 0 Å². The van der Waals surface area contributed by atoms with E-state index in [-0.39, 0.29) is 16.6 Å². The summed E-state index contributed by atoms with van der Waals surface area (Å²) in [6.45, 7) is 16.6. The van der Waals surface area contributed by atoms with E-state index in [0.717, 1.165) is 30.4 Å². The normalized spacial score (nSPS) is 12.4. The number of Topliss-reactive ketones (excluding diaryl/α,β-unsaturated/α-hetero) is 1. The van der Waals surface area contributed by atoms with Gasteiger partial charge in [-0.2, -0.15) is 0 Å². The number of ketones is 1. The second kappa shape index (κ2) is 10.2. The first-order valence-electron chi connectivity index (χ1n) is 10.1. The lowest BCUT2D eigenvalue weighted by Crippen LogP contribution is -2.56. The number of carbonyl (C=O) groups is 1. The Morgan fingerprint density at radius 2 is 1.37 bits per heavy atom. The molecular weight excluding hydrogens is 336 g/mol. The van der Waals surface area contributed by atoms with Crippen LogP contribution in [0.5, 0.6) is 5.75 Å². The Kier molecular flexibility index (Phi) is 9.71. The monoisotopic (exact) mass is 378 g/mol. The number of aromatic hydroxyl groups is 1. The summed E-state index contributed by atoms with van der Waals surface area (Å²) in [5.74, 6) is 0.413. The highest BCUT2D eigenvalue weighted by atomic mass is 16.3. The molecule has 0 aliphatic carbocycles. The largest absolute Gasteiger partial charge is 0.507 e. The Balaban J connectivity index is 0.000000516. The van der Waals surface area contributed by atoms with Gasteiger partial charge in [-0.1, -0.05) is 86.4 Å². The summed E-state index contributed by atoms with van der Waals surface area (Å²) >= 11 is 0. The van der Waals surface area contributed by atoms with Crippen LogP contribution in [0.15, 0.2) is 18.2 Å². The second-order valence-electron chi connectivity index (χ2n) is 9.48. The molecule has 27 heavy (non-hydrogen) atoms. The van der Waals surface area contributed by atoms with Crippen LogP contribution in [0.3, 0.4) is 0 Å². The van der Waals surface area contributed by atoms with E-state index in [4.69, 9.17) is 11.5 Å². The minimum atomic E-state index is -1.08. The van der Waals surface area contributed by atoms with Crippen molar-refractivity contribution in [3.8, 4) is 5.75 Å². The molecule has 156 valence electrons. The first-order chi connectivity index (χ1) is 12.2. The molecule has 0 aliphatic rings. The molecule has 4 nitrogen and oxygen atoms in total. The SMILES string of the molecule is CC(C)(C)c1cccc(C(C)(C)C)c1O.CCCCCC(N)(N)C(=O)CC. The molecule has 0 heterocycles. The Bertz CT molecular complexity index is 561. The summed E-state index contributed by atoms with van der Waals surface area (Å²) in [5, 5.41) is 10.3. The van der Waals surface area contributed by atoms with E-state index >= 15 is 0 Å². The average molecular weight is 379 g/mol. The van der Waals surface area contributed by atoms with Crippen molar-refractivity contribution in [3.63, 3.8) is 0 Å². The van der Waals surface area contributed by atoms with Gasteiger partial charge in [-0.25, -0.2) is 0 Å². The van der Waals surface area contributed by atoms with Crippen LogP contribution in [0.25, 0.3) is 0 Å². The molecule has 0 amide bonds. The van der Waals surface area contributed by atoms with Crippen molar-refractivity contribution in [2.75, 3.05) is 0 Å². The van der Waals surface area contributed by atoms with Crippen LogP contribution in [-0.4, -0.2) is 16.6 Å². The highest BCUT2D eigenvalue weighted by molar-refractivity contribution is 5.87. The molecule has 0 bridgehead atoms. The van der Waals surface area contributed by atoms with Crippen molar-refractivity contribution >= 4 is 5.78 Å². The molecule has 1 aromatic rings. The summed E-state index contributed by atoms with van der Waals surface area (Å²) in [4.78, 5) is 11.2. The van der Waals surface area contributed by atoms with E-state index in [2.05, 4.69) is 48.5 Å². The summed E-state index contributed by atoms with van der Waals surface area (Å²) in [6.07, 6.45) is 4.19. The number of unbranched alkanes of at least 4 members (excludes halogenated alkanes) is 2. The molecule has 5 N–H and O–H groups in total. The van der Waals surface area contributed by atoms with Crippen LogP contribution in [0.1, 0.15) is 98.6 Å². The molecule has 0 fully saturated rings. The van der Waals surface area contributed by atoms with Gasteiger partial charge in [0, 0.05) is 6.42 Å². The van der Waals surface area contributed by atoms with Crippen molar-refractivity contribution in [2.24, 2.45) is 11.5 Å². The number of hydrogen-bond donors (Lipinski definition) is 3. The number of nitrogens with two attached hydrogens (primary N) is 2. The lowest BCUT2D eigenvalue weighted by Gasteiger charge is -2.26. The second-order valence-corrected chi connectivity index (χ2v) is 9.48. The van der Waals surface area contributed by atoms with Crippen LogP contribution in [0, 0.1) is 0 Å². The minimum Gasteiger partial charge on any atom is -0.507 e. The van der Waals surface area contributed by atoms with Crippen LogP contribution >= 0.6 is 0 Å². The molecule has 1 aromatic carbocycles. The highest BCUT2D eigenvalue weighted by Crippen LogP contribution is 2.38. The fraction of sp³-hybridized carbons (Fsp3) is 0.696. The van der Waals surface area contributed by atoms with Gasteiger partial charge < -0.3 is 16.6 Å². The van der Waals surface area contributed by atoms with Gasteiger partial charge in [-0.05, 0) is 34.8 Å². The lowest BCUT2D eigenvalue weighted by atomic mass is 9.80. The smallest absolute Gasteiger partial charge is 0.166 e. The van der Waals surface area contributed by atoms with Crippen molar-refractivity contribution in [1.29, 1.82) is 0 Å². The van der Waals surface area contributed by atoms with Crippen molar-refractivity contribution in [1.82, 2.24) is 0 Å². The predicted octanol–water partition coefficient (Wildman–Crippen LogP) is 5.15. The molecule has 0 atom stereocenters. The summed E-state index contributed by atoms with van der Waals surface area (Å²) in [5.41, 5.74) is 12.2. The fourth-order valence-corrected chi connectivity index (χ4v) is 2.89. The predicted molar refractivity (Wildman–Crippen MR) is 116 cm³/mol. The quantitative estimate of drug-likeness (QED) is 0.472. The van der Waals surface area contributed by atoms with Gasteiger partial charge in [0.1, 0.15) is 11.4 Å². The molecule has 0 saturated heterocycles. The van der Waals surface area contributed by atoms with Gasteiger partial charge in [0.05, 0.1) is 0 Å². The van der Waals surface area contributed by atoms with Crippen molar-refractivity contribution < 1.29 is 9.90 Å². The van der Waals surface area contributed by atoms with E-state index in [1.165, 1.54) is 0 Å². The molecule has 1 rings (SSSR count). The van der Waals surface area contributed by atoms with E-state index < -0.39 is 5.66 Å². The number of hydrogen-bond acceptors (Lipinski definition) is 4. The molecule has 0 spiro atoms. The number of rotatable bonds is 6. The van der Waals surface area contributed by atoms with Crippen molar-refractivity contribution in [3.05, 3.63) is 29.3 Å². The van der Waals surface area contributed by atoms with Crippen molar-refractivity contribution in [2.45, 2.75) is 104 Å². The summed E-state index contributed by atoms with van der Waals surface area (Å²) in [7, 11) is 0. The van der Waals surface area contributed by atoms with E-state index in [0.29, 0.717) is 18.6 Å². The zero-order chi connectivity index (χ0) is 21.5. The third kappa shape index (κ3) is 8.44. The number of benzene rings is 1. The summed E-state index contributed by atoms with van der Waals surface area (Å²) < 4.78 is 0. The molecule has 4 heteroatoms. The van der Waals surface area contributed by atoms with E-state index in [1.54, 1.807) is 6.92 Å². The van der Waals surface area contributed by atoms with Gasteiger partial charge in [0.2, 0.25) is 0 Å². The maximum absolute atomic E-state index is 11.2. The minimum absolute atomic E-state index is 0.00859. The zero-order valence-corrected chi connectivity index (χ0v) is 18.8. The molecule has 0 radical (unpaired) electrons. The van der Waals surface area contributed by atoms with E-state index in [1.807, 2.05) is 18.2 Å². The lowest BCUT2D eigenvalue weighted by molar-refractivity contribution is -0.124. The third-order valence-electron chi connectivity index (χ3n) is 4.69. The Morgan fingerprint density at radius 1 is 0.926 bits per heavy atom. The topological polar surface area (TPSA) is 89.3 Å². The van der Waals surface area contributed by atoms with Crippen LogP contribution in [-0.2, 0) is 15.6 Å². The Morgan fingerprint density at radius 3 is 1.70 bits per heavy atom. The van der Waals surface area contributed by atoms with Crippen LogP contribution in [0.2, 0.25) is 0 Å². The molecule has 0 aromatic heterocycles. The number of phenolic OH excluding ortho intramolecular Hbond substituents is 1. The maximum atomic E-state index is 11.2. The molecular formula is C23H42N2O2. The number of para-hydroxylation sites is 1. The molecule has 0 aliphatic heterocycles. The highest BCUT2D eigenvalue weighted by Gasteiger charge is 2.26. The third-order valence-corrected chi connectivity index (χ3v) is 4.69. The average Bonchev–Trinajstić information content (AvgIpc) is 2.52.